The fourth-order valence-electron chi connectivity index (χ4n) is 2.83. The number of para-hydroxylation sites is 1. The van der Waals surface area contributed by atoms with Gasteiger partial charge in [-0.1, -0.05) is 24.3 Å². The molecule has 0 aliphatic rings. The first-order valence-electron chi connectivity index (χ1n) is 8.67. The lowest BCUT2D eigenvalue weighted by atomic mass is 10.1. The van der Waals surface area contributed by atoms with Gasteiger partial charge in [-0.15, -0.1) is 11.8 Å². The minimum absolute atomic E-state index is 0.419. The molecule has 2 aromatic carbocycles. The Morgan fingerprint density at radius 3 is 2.54 bits per heavy atom. The van der Waals surface area contributed by atoms with E-state index < -0.39 is 0 Å². The van der Waals surface area contributed by atoms with Crippen LogP contribution in [0.15, 0.2) is 72.1 Å². The summed E-state index contributed by atoms with van der Waals surface area (Å²) in [5.74, 6) is 1.82. The predicted octanol–water partition coefficient (Wildman–Crippen LogP) is 4.69. The van der Waals surface area contributed by atoms with E-state index in [9.17, 15) is 0 Å². The summed E-state index contributed by atoms with van der Waals surface area (Å²) in [6.45, 7) is 0.916. The van der Waals surface area contributed by atoms with E-state index in [0.717, 1.165) is 30.9 Å². The molecule has 0 fully saturated rings. The van der Waals surface area contributed by atoms with Crippen LogP contribution in [0.5, 0.6) is 11.5 Å². The summed E-state index contributed by atoms with van der Waals surface area (Å²) in [5, 5.41) is 0.419. The number of aryl methyl sites for hydroxylation is 1. The molecule has 3 rings (SSSR count). The number of methoxy groups -OCH3 is 2. The maximum atomic E-state index is 5.52. The molecular weight excluding hydrogens is 344 g/mol. The smallest absolute Gasteiger partial charge is 0.132 e. The molecule has 3 aromatic rings. The normalized spacial score (nSPS) is 11.9. The number of benzene rings is 2. The van der Waals surface area contributed by atoms with Crippen molar-refractivity contribution in [2.45, 2.75) is 29.5 Å². The molecule has 26 heavy (non-hydrogen) atoms. The van der Waals surface area contributed by atoms with Gasteiger partial charge in [0.25, 0.3) is 0 Å². The average Bonchev–Trinajstić information content (AvgIpc) is 3.20. The second kappa shape index (κ2) is 9.34. The highest BCUT2D eigenvalue weighted by molar-refractivity contribution is 8.00. The van der Waals surface area contributed by atoms with Gasteiger partial charge in [-0.05, 0) is 42.7 Å². The second-order valence-electron chi connectivity index (χ2n) is 6.04. The zero-order valence-corrected chi connectivity index (χ0v) is 16.0. The molecule has 5 heteroatoms. The van der Waals surface area contributed by atoms with Crippen LogP contribution in [0.2, 0.25) is 0 Å². The standard InChI is InChI=1S/C21H24N2O2S/c1-24-18-10-7-17(8-11-18)9-12-19(15-23-14-13-22-16-23)26-21-6-4-3-5-20(21)25-2/h3-8,10-11,13-14,16,19H,9,12,15H2,1-2H3. The van der Waals surface area contributed by atoms with Crippen molar-refractivity contribution >= 4 is 11.8 Å². The van der Waals surface area contributed by atoms with E-state index in [1.54, 1.807) is 14.2 Å². The Morgan fingerprint density at radius 2 is 1.85 bits per heavy atom. The molecule has 0 N–H and O–H groups in total. The monoisotopic (exact) mass is 368 g/mol. The molecule has 4 nitrogen and oxygen atoms in total. The van der Waals surface area contributed by atoms with E-state index in [4.69, 9.17) is 9.47 Å². The highest BCUT2D eigenvalue weighted by Crippen LogP contribution is 2.34. The van der Waals surface area contributed by atoms with Crippen molar-refractivity contribution in [2.24, 2.45) is 0 Å². The van der Waals surface area contributed by atoms with Crippen LogP contribution in [0.3, 0.4) is 0 Å². The van der Waals surface area contributed by atoms with Crippen LogP contribution < -0.4 is 9.47 Å². The largest absolute Gasteiger partial charge is 0.497 e. The molecule has 136 valence electrons. The van der Waals surface area contributed by atoms with Gasteiger partial charge in [0, 0.05) is 29.1 Å². The fourth-order valence-corrected chi connectivity index (χ4v) is 4.10. The first kappa shape index (κ1) is 18.4. The second-order valence-corrected chi connectivity index (χ2v) is 7.38. The average molecular weight is 369 g/mol. The number of hydrogen-bond donors (Lipinski definition) is 0. The van der Waals surface area contributed by atoms with Crippen LogP contribution in [0.1, 0.15) is 12.0 Å². The molecule has 0 saturated heterocycles. The summed E-state index contributed by atoms with van der Waals surface area (Å²) in [5.41, 5.74) is 1.32. The Kier molecular flexibility index (Phi) is 6.61. The van der Waals surface area contributed by atoms with E-state index in [2.05, 4.69) is 33.8 Å². The Morgan fingerprint density at radius 1 is 1.04 bits per heavy atom. The van der Waals surface area contributed by atoms with Crippen LogP contribution in [-0.2, 0) is 13.0 Å². The first-order chi connectivity index (χ1) is 12.8. The maximum absolute atomic E-state index is 5.52. The molecular formula is C21H24N2O2S. The topological polar surface area (TPSA) is 36.3 Å². The van der Waals surface area contributed by atoms with E-state index in [1.807, 2.05) is 54.7 Å². The summed E-state index contributed by atoms with van der Waals surface area (Å²) >= 11 is 1.87. The SMILES string of the molecule is COc1ccc(CCC(Cn2ccnc2)Sc2ccccc2OC)cc1. The summed E-state index contributed by atoms with van der Waals surface area (Å²) in [6.07, 6.45) is 7.80. The zero-order valence-electron chi connectivity index (χ0n) is 15.2. The minimum Gasteiger partial charge on any atom is -0.497 e. The highest BCUT2D eigenvalue weighted by Gasteiger charge is 2.14. The van der Waals surface area contributed by atoms with Crippen molar-refractivity contribution in [2.75, 3.05) is 14.2 Å². The molecule has 0 amide bonds. The van der Waals surface area contributed by atoms with Crippen molar-refractivity contribution in [1.29, 1.82) is 0 Å². The predicted molar refractivity (Wildman–Crippen MR) is 106 cm³/mol. The number of rotatable bonds is 9. The molecule has 1 aromatic heterocycles. The van der Waals surface area contributed by atoms with Gasteiger partial charge in [0.2, 0.25) is 0 Å². The molecule has 0 radical (unpaired) electrons. The molecule has 0 bridgehead atoms. The number of nitrogens with zero attached hydrogens (tertiary/aromatic N) is 2. The molecule has 1 heterocycles. The van der Waals surface area contributed by atoms with Crippen LogP contribution in [0, 0.1) is 0 Å². The van der Waals surface area contributed by atoms with Gasteiger partial charge in [0.05, 0.1) is 20.5 Å². The number of hydrogen-bond acceptors (Lipinski definition) is 4. The molecule has 0 aliphatic carbocycles. The minimum atomic E-state index is 0.419. The van der Waals surface area contributed by atoms with Gasteiger partial charge in [0.15, 0.2) is 0 Å². The summed E-state index contributed by atoms with van der Waals surface area (Å²) in [6, 6.07) is 16.5. The van der Waals surface area contributed by atoms with E-state index >= 15 is 0 Å². The van der Waals surface area contributed by atoms with Crippen molar-refractivity contribution in [1.82, 2.24) is 9.55 Å². The Labute approximate surface area is 159 Å². The van der Waals surface area contributed by atoms with Gasteiger partial charge in [-0.25, -0.2) is 4.98 Å². The lowest BCUT2D eigenvalue weighted by Crippen LogP contribution is -2.13. The zero-order chi connectivity index (χ0) is 18.2. The van der Waals surface area contributed by atoms with E-state index in [-0.39, 0.29) is 0 Å². The third-order valence-electron chi connectivity index (χ3n) is 4.25. The van der Waals surface area contributed by atoms with Crippen molar-refractivity contribution < 1.29 is 9.47 Å². The fraction of sp³-hybridized carbons (Fsp3) is 0.286. The van der Waals surface area contributed by atoms with Crippen molar-refractivity contribution in [3.63, 3.8) is 0 Å². The first-order valence-corrected chi connectivity index (χ1v) is 9.55. The Hall–Kier alpha value is -2.40. The van der Waals surface area contributed by atoms with Crippen LogP contribution >= 0.6 is 11.8 Å². The lowest BCUT2D eigenvalue weighted by molar-refractivity contribution is 0.404. The molecule has 0 saturated carbocycles. The maximum Gasteiger partial charge on any atom is 0.132 e. The molecule has 1 atom stereocenters. The van der Waals surface area contributed by atoms with Gasteiger partial charge in [-0.3, -0.25) is 0 Å². The molecule has 0 spiro atoms. The highest BCUT2D eigenvalue weighted by atomic mass is 32.2. The number of ether oxygens (including phenoxy) is 2. The lowest BCUT2D eigenvalue weighted by Gasteiger charge is -2.19. The van der Waals surface area contributed by atoms with Crippen LogP contribution in [0.4, 0.5) is 0 Å². The van der Waals surface area contributed by atoms with Crippen LogP contribution in [-0.4, -0.2) is 29.0 Å². The van der Waals surface area contributed by atoms with Gasteiger partial charge >= 0.3 is 0 Å². The van der Waals surface area contributed by atoms with Gasteiger partial charge in [0.1, 0.15) is 11.5 Å². The summed E-state index contributed by atoms with van der Waals surface area (Å²) in [4.78, 5) is 5.34. The van der Waals surface area contributed by atoms with Gasteiger partial charge in [-0.2, -0.15) is 0 Å². The van der Waals surface area contributed by atoms with Crippen molar-refractivity contribution in [3.05, 3.63) is 72.8 Å². The summed E-state index contributed by atoms with van der Waals surface area (Å²) in [7, 11) is 3.42. The van der Waals surface area contributed by atoms with Crippen LogP contribution in [0.25, 0.3) is 0 Å². The number of thioether (sulfide) groups is 1. The Balaban J connectivity index is 1.70. The summed E-state index contributed by atoms with van der Waals surface area (Å²) < 4.78 is 12.9. The number of aromatic nitrogens is 2. The Bertz CT molecular complexity index is 788. The third kappa shape index (κ3) is 5.05. The van der Waals surface area contributed by atoms with E-state index in [0.29, 0.717) is 5.25 Å². The molecule has 0 aliphatic heterocycles. The van der Waals surface area contributed by atoms with Gasteiger partial charge < -0.3 is 14.0 Å². The van der Waals surface area contributed by atoms with E-state index in [1.165, 1.54) is 10.5 Å². The third-order valence-corrected chi connectivity index (χ3v) is 5.56. The quantitative estimate of drug-likeness (QED) is 0.513. The molecule has 1 unspecified atom stereocenters. The van der Waals surface area contributed by atoms with Crippen molar-refractivity contribution in [3.8, 4) is 11.5 Å². The number of imidazole rings is 1.